The highest BCUT2D eigenvalue weighted by Crippen LogP contribution is 2.31. The Morgan fingerprint density at radius 3 is 2.68 bits per heavy atom. The number of nitrogens with zero attached hydrogens (tertiary/aromatic N) is 3. The molecule has 2 aromatic carbocycles. The summed E-state index contributed by atoms with van der Waals surface area (Å²) in [4.78, 5) is 22.1. The van der Waals surface area contributed by atoms with Crippen LogP contribution in [-0.4, -0.2) is 34.2 Å². The van der Waals surface area contributed by atoms with Crippen molar-refractivity contribution in [2.75, 3.05) is 18.1 Å². The number of ether oxygens (including phenoxy) is 1. The summed E-state index contributed by atoms with van der Waals surface area (Å²) in [6.45, 7) is 5.11. The first-order chi connectivity index (χ1) is 15.1. The molecule has 7 nitrogen and oxygen atoms in total. The summed E-state index contributed by atoms with van der Waals surface area (Å²) in [6.07, 6.45) is 4.90. The van der Waals surface area contributed by atoms with E-state index >= 15 is 0 Å². The number of furan rings is 1. The molecule has 0 bridgehead atoms. The SMILES string of the molecule is CCOc1cc(-c2cc(N(CC)c3ccc4cocc4c3)ncn2)ccc1CC(=O)O. The van der Waals surface area contributed by atoms with Gasteiger partial charge in [0.15, 0.2) is 0 Å². The van der Waals surface area contributed by atoms with E-state index in [9.17, 15) is 4.79 Å². The van der Waals surface area contributed by atoms with Crippen LogP contribution in [0.3, 0.4) is 0 Å². The van der Waals surface area contributed by atoms with Crippen LogP contribution in [0.4, 0.5) is 11.5 Å². The van der Waals surface area contributed by atoms with Crippen LogP contribution in [0.1, 0.15) is 19.4 Å². The fourth-order valence-corrected chi connectivity index (χ4v) is 3.56. The molecule has 1 N–H and O–H groups in total. The standard InChI is InChI=1S/C24H23N3O4/c1-3-27(20-8-7-18-13-30-14-19(18)9-20)23-12-21(25-15-26-23)16-5-6-17(11-24(28)29)22(10-16)31-4-2/h5-10,12-15H,3-4,11H2,1-2H3,(H,28,29). The molecular formula is C24H23N3O4. The Morgan fingerprint density at radius 1 is 1.06 bits per heavy atom. The van der Waals surface area contributed by atoms with Crippen LogP contribution < -0.4 is 9.64 Å². The van der Waals surface area contributed by atoms with E-state index in [1.54, 1.807) is 18.6 Å². The van der Waals surface area contributed by atoms with Crippen molar-refractivity contribution in [2.45, 2.75) is 20.3 Å². The van der Waals surface area contributed by atoms with E-state index in [-0.39, 0.29) is 6.42 Å². The van der Waals surface area contributed by atoms with E-state index in [0.717, 1.165) is 40.1 Å². The lowest BCUT2D eigenvalue weighted by Gasteiger charge is -2.22. The fraction of sp³-hybridized carbons (Fsp3) is 0.208. The van der Waals surface area contributed by atoms with E-state index < -0.39 is 5.97 Å². The maximum absolute atomic E-state index is 11.1. The van der Waals surface area contributed by atoms with Crippen LogP contribution >= 0.6 is 0 Å². The predicted octanol–water partition coefficient (Wildman–Crippen LogP) is 5.07. The number of hydrogen-bond donors (Lipinski definition) is 1. The van der Waals surface area contributed by atoms with Crippen molar-refractivity contribution in [3.63, 3.8) is 0 Å². The maximum atomic E-state index is 11.1. The number of anilines is 2. The molecular weight excluding hydrogens is 394 g/mol. The van der Waals surface area contributed by atoms with Gasteiger partial charge in [-0.15, -0.1) is 0 Å². The molecule has 0 spiro atoms. The van der Waals surface area contributed by atoms with E-state index in [2.05, 4.69) is 27.9 Å². The highest BCUT2D eigenvalue weighted by molar-refractivity contribution is 5.85. The van der Waals surface area contributed by atoms with Crippen LogP contribution in [0.15, 0.2) is 65.7 Å². The van der Waals surface area contributed by atoms with Crippen LogP contribution in [0.5, 0.6) is 5.75 Å². The molecule has 31 heavy (non-hydrogen) atoms. The largest absolute Gasteiger partial charge is 0.494 e. The van der Waals surface area contributed by atoms with Crippen molar-refractivity contribution in [1.82, 2.24) is 9.97 Å². The second-order valence-corrected chi connectivity index (χ2v) is 7.02. The molecule has 0 aliphatic carbocycles. The molecule has 0 radical (unpaired) electrons. The number of benzene rings is 2. The second kappa shape index (κ2) is 8.87. The van der Waals surface area contributed by atoms with E-state index in [1.807, 2.05) is 37.3 Å². The Morgan fingerprint density at radius 2 is 1.90 bits per heavy atom. The zero-order valence-electron chi connectivity index (χ0n) is 17.4. The number of carbonyl (C=O) groups is 1. The molecule has 2 aromatic heterocycles. The summed E-state index contributed by atoms with van der Waals surface area (Å²) < 4.78 is 11.0. The van der Waals surface area contributed by atoms with Gasteiger partial charge >= 0.3 is 5.97 Å². The molecule has 4 rings (SSSR count). The van der Waals surface area contributed by atoms with Crippen molar-refractivity contribution < 1.29 is 19.1 Å². The van der Waals surface area contributed by atoms with Gasteiger partial charge in [-0.1, -0.05) is 12.1 Å². The Bertz CT molecular complexity index is 1220. The van der Waals surface area contributed by atoms with E-state index in [0.29, 0.717) is 17.9 Å². The maximum Gasteiger partial charge on any atom is 0.307 e. The summed E-state index contributed by atoms with van der Waals surface area (Å²) >= 11 is 0. The first-order valence-corrected chi connectivity index (χ1v) is 10.1. The summed E-state index contributed by atoms with van der Waals surface area (Å²) in [5.74, 6) is 0.425. The minimum Gasteiger partial charge on any atom is -0.494 e. The minimum atomic E-state index is -0.897. The Hall–Kier alpha value is -3.87. The number of carboxylic acids is 1. The molecule has 0 saturated carbocycles. The molecule has 0 saturated heterocycles. The minimum absolute atomic E-state index is 0.0925. The number of hydrogen-bond acceptors (Lipinski definition) is 6. The van der Waals surface area contributed by atoms with Crippen molar-refractivity contribution >= 4 is 28.2 Å². The molecule has 0 unspecified atom stereocenters. The van der Waals surface area contributed by atoms with Crippen molar-refractivity contribution in [1.29, 1.82) is 0 Å². The number of fused-ring (bicyclic) bond motifs is 1. The average molecular weight is 417 g/mol. The van der Waals surface area contributed by atoms with Crippen molar-refractivity contribution in [3.8, 4) is 17.0 Å². The average Bonchev–Trinajstić information content (AvgIpc) is 3.24. The first kappa shape index (κ1) is 20.4. The highest BCUT2D eigenvalue weighted by atomic mass is 16.5. The van der Waals surface area contributed by atoms with Gasteiger partial charge in [0, 0.05) is 40.2 Å². The zero-order chi connectivity index (χ0) is 21.8. The van der Waals surface area contributed by atoms with Gasteiger partial charge in [-0.2, -0.15) is 0 Å². The third kappa shape index (κ3) is 4.35. The molecule has 4 aromatic rings. The zero-order valence-corrected chi connectivity index (χ0v) is 17.4. The summed E-state index contributed by atoms with van der Waals surface area (Å²) in [5.41, 5.74) is 3.21. The number of carboxylic acid groups (broad SMARTS) is 1. The normalized spacial score (nSPS) is 10.9. The predicted molar refractivity (Wildman–Crippen MR) is 119 cm³/mol. The molecule has 0 amide bonds. The lowest BCUT2D eigenvalue weighted by atomic mass is 10.0. The smallest absolute Gasteiger partial charge is 0.307 e. The van der Waals surface area contributed by atoms with Crippen molar-refractivity contribution in [3.05, 3.63) is 66.9 Å². The fourth-order valence-electron chi connectivity index (χ4n) is 3.56. The van der Waals surface area contributed by atoms with Crippen molar-refractivity contribution in [2.24, 2.45) is 0 Å². The van der Waals surface area contributed by atoms with Crippen LogP contribution in [0.25, 0.3) is 22.0 Å². The topological polar surface area (TPSA) is 88.7 Å². The van der Waals surface area contributed by atoms with Gasteiger partial charge < -0.3 is 19.2 Å². The Labute approximate surface area is 179 Å². The lowest BCUT2D eigenvalue weighted by molar-refractivity contribution is -0.136. The summed E-state index contributed by atoms with van der Waals surface area (Å²) in [7, 11) is 0. The Kier molecular flexibility index (Phi) is 5.84. The molecule has 0 aliphatic rings. The van der Waals surface area contributed by atoms with E-state index in [1.165, 1.54) is 6.33 Å². The molecule has 0 aliphatic heterocycles. The number of aromatic nitrogens is 2. The first-order valence-electron chi connectivity index (χ1n) is 10.1. The molecule has 2 heterocycles. The Balaban J connectivity index is 1.70. The van der Waals surface area contributed by atoms with Gasteiger partial charge in [0.1, 0.15) is 17.9 Å². The van der Waals surface area contributed by atoms with E-state index in [4.69, 9.17) is 14.3 Å². The number of rotatable bonds is 8. The van der Waals surface area contributed by atoms with Gasteiger partial charge in [0.2, 0.25) is 0 Å². The third-order valence-electron chi connectivity index (χ3n) is 5.02. The quantitative estimate of drug-likeness (QED) is 0.428. The van der Waals surface area contributed by atoms with Gasteiger partial charge in [-0.25, -0.2) is 9.97 Å². The molecule has 7 heteroatoms. The number of aliphatic carboxylic acids is 1. The summed E-state index contributed by atoms with van der Waals surface area (Å²) in [5, 5.41) is 11.2. The van der Waals surface area contributed by atoms with Gasteiger partial charge in [-0.05, 0) is 38.1 Å². The second-order valence-electron chi connectivity index (χ2n) is 7.02. The summed E-state index contributed by atoms with van der Waals surface area (Å²) in [6, 6.07) is 13.5. The highest BCUT2D eigenvalue weighted by Gasteiger charge is 2.14. The van der Waals surface area contributed by atoms with Gasteiger partial charge in [0.25, 0.3) is 0 Å². The van der Waals surface area contributed by atoms with Crippen LogP contribution in [0.2, 0.25) is 0 Å². The molecule has 0 fully saturated rings. The van der Waals surface area contributed by atoms with Crippen LogP contribution in [-0.2, 0) is 11.2 Å². The molecule has 0 atom stereocenters. The monoisotopic (exact) mass is 417 g/mol. The van der Waals surface area contributed by atoms with Crippen LogP contribution in [0, 0.1) is 0 Å². The van der Waals surface area contributed by atoms with Gasteiger partial charge in [0.05, 0.1) is 31.2 Å². The lowest BCUT2D eigenvalue weighted by Crippen LogP contribution is -2.17. The molecule has 158 valence electrons. The third-order valence-corrected chi connectivity index (χ3v) is 5.02. The van der Waals surface area contributed by atoms with Gasteiger partial charge in [-0.3, -0.25) is 4.79 Å².